The third-order valence-corrected chi connectivity index (χ3v) is 5.01. The van der Waals surface area contributed by atoms with Crippen LogP contribution >= 0.6 is 11.8 Å². The van der Waals surface area contributed by atoms with Crippen molar-refractivity contribution in [3.05, 3.63) is 41.5 Å². The van der Waals surface area contributed by atoms with Gasteiger partial charge in [0.05, 0.1) is 23.8 Å². The van der Waals surface area contributed by atoms with Crippen molar-refractivity contribution < 1.29 is 0 Å². The van der Waals surface area contributed by atoms with Crippen molar-refractivity contribution >= 4 is 11.8 Å². The minimum Gasteiger partial charge on any atom is -0.348 e. The van der Waals surface area contributed by atoms with Crippen molar-refractivity contribution in [2.24, 2.45) is 0 Å². The van der Waals surface area contributed by atoms with Crippen LogP contribution in [0.5, 0.6) is 0 Å². The van der Waals surface area contributed by atoms with Crippen LogP contribution in [0.15, 0.2) is 18.6 Å². The predicted molar refractivity (Wildman–Crippen MR) is 94.6 cm³/mol. The molecule has 0 bridgehead atoms. The van der Waals surface area contributed by atoms with E-state index >= 15 is 0 Å². The topological polar surface area (TPSA) is 57.7 Å². The Morgan fingerprint density at radius 3 is 3.04 bits per heavy atom. The molecule has 2 aromatic heterocycles. The lowest BCUT2D eigenvalue weighted by atomic mass is 10.0. The Bertz CT molecular complexity index is 639. The molecule has 2 aromatic rings. The van der Waals surface area contributed by atoms with Crippen LogP contribution in [-0.2, 0) is 13.0 Å². The fourth-order valence-electron chi connectivity index (χ4n) is 3.13. The number of fused-ring (bicyclic) bond motifs is 1. The number of hydrogen-bond acceptors (Lipinski definition) is 5. The van der Waals surface area contributed by atoms with Gasteiger partial charge >= 0.3 is 0 Å². The molecule has 0 radical (unpaired) electrons. The van der Waals surface area contributed by atoms with Gasteiger partial charge in [-0.05, 0) is 24.5 Å². The number of aromatic nitrogens is 4. The van der Waals surface area contributed by atoms with E-state index in [-0.39, 0.29) is 0 Å². The number of nitrogens with zero attached hydrogens (tertiary/aromatic N) is 4. The zero-order chi connectivity index (χ0) is 16.2. The lowest BCUT2D eigenvalue weighted by Crippen LogP contribution is -2.35. The number of rotatable bonds is 6. The van der Waals surface area contributed by atoms with Gasteiger partial charge < -0.3 is 4.98 Å². The molecule has 1 unspecified atom stereocenters. The van der Waals surface area contributed by atoms with Crippen molar-refractivity contribution in [2.45, 2.75) is 45.2 Å². The summed E-state index contributed by atoms with van der Waals surface area (Å²) >= 11 is 1.90. The maximum Gasteiger partial charge on any atom is 0.131 e. The smallest absolute Gasteiger partial charge is 0.131 e. The van der Waals surface area contributed by atoms with Gasteiger partial charge in [0, 0.05) is 37.3 Å². The Morgan fingerprint density at radius 2 is 2.26 bits per heavy atom. The summed E-state index contributed by atoms with van der Waals surface area (Å²) in [4.78, 5) is 19.5. The molecule has 0 saturated heterocycles. The highest BCUT2D eigenvalue weighted by atomic mass is 32.2. The summed E-state index contributed by atoms with van der Waals surface area (Å²) in [6.45, 7) is 6.19. The zero-order valence-electron chi connectivity index (χ0n) is 14.1. The molecule has 0 aliphatic carbocycles. The van der Waals surface area contributed by atoms with Gasteiger partial charge in [-0.2, -0.15) is 11.8 Å². The Balaban J connectivity index is 1.79. The summed E-state index contributed by atoms with van der Waals surface area (Å²) in [7, 11) is 0. The van der Waals surface area contributed by atoms with Crippen LogP contribution in [0.1, 0.15) is 55.1 Å². The average molecular weight is 331 g/mol. The summed E-state index contributed by atoms with van der Waals surface area (Å²) in [5.74, 6) is 2.44. The van der Waals surface area contributed by atoms with Crippen LogP contribution in [0.3, 0.4) is 0 Å². The van der Waals surface area contributed by atoms with E-state index in [1.54, 1.807) is 0 Å². The van der Waals surface area contributed by atoms with Gasteiger partial charge in [-0.25, -0.2) is 15.0 Å². The van der Waals surface area contributed by atoms with Crippen molar-refractivity contribution in [2.75, 3.05) is 18.6 Å². The molecule has 1 N–H and O–H groups in total. The van der Waals surface area contributed by atoms with Gasteiger partial charge in [-0.1, -0.05) is 13.8 Å². The number of aromatic amines is 1. The Hall–Kier alpha value is -1.40. The van der Waals surface area contributed by atoms with E-state index in [0.717, 1.165) is 43.2 Å². The van der Waals surface area contributed by atoms with Crippen molar-refractivity contribution in [3.63, 3.8) is 0 Å². The number of thioether (sulfide) groups is 1. The Morgan fingerprint density at radius 1 is 1.39 bits per heavy atom. The second kappa shape index (κ2) is 7.45. The van der Waals surface area contributed by atoms with E-state index in [4.69, 9.17) is 4.98 Å². The van der Waals surface area contributed by atoms with E-state index < -0.39 is 0 Å². The maximum absolute atomic E-state index is 4.74. The number of H-pyrrole nitrogens is 1. The number of hydrogen-bond donors (Lipinski definition) is 1. The van der Waals surface area contributed by atoms with Gasteiger partial charge in [0.1, 0.15) is 5.82 Å². The molecule has 0 aromatic carbocycles. The summed E-state index contributed by atoms with van der Waals surface area (Å²) in [5, 5.41) is 0. The number of imidazole rings is 1. The molecule has 1 aliphatic heterocycles. The van der Waals surface area contributed by atoms with Gasteiger partial charge in [0.15, 0.2) is 0 Å². The van der Waals surface area contributed by atoms with E-state index in [2.05, 4.69) is 40.0 Å². The second-order valence-corrected chi connectivity index (χ2v) is 7.33. The normalized spacial score (nSPS) is 18.3. The van der Waals surface area contributed by atoms with Crippen LogP contribution in [0, 0.1) is 0 Å². The third kappa shape index (κ3) is 3.75. The van der Waals surface area contributed by atoms with Crippen LogP contribution in [0.2, 0.25) is 0 Å². The lowest BCUT2D eigenvalue weighted by molar-refractivity contribution is 0.166. The first-order chi connectivity index (χ1) is 11.2. The second-order valence-electron chi connectivity index (χ2n) is 6.34. The van der Waals surface area contributed by atoms with Gasteiger partial charge in [-0.3, -0.25) is 4.90 Å². The highest BCUT2D eigenvalue weighted by Gasteiger charge is 2.29. The fourth-order valence-corrected chi connectivity index (χ4v) is 3.59. The molecule has 0 spiro atoms. The van der Waals surface area contributed by atoms with Gasteiger partial charge in [0.25, 0.3) is 0 Å². The van der Waals surface area contributed by atoms with Gasteiger partial charge in [0.2, 0.25) is 0 Å². The van der Waals surface area contributed by atoms with Crippen LogP contribution < -0.4 is 0 Å². The maximum atomic E-state index is 4.74. The van der Waals surface area contributed by atoms with E-state index in [0.29, 0.717) is 12.0 Å². The molecule has 1 atom stereocenters. The lowest BCUT2D eigenvalue weighted by Gasteiger charge is -2.34. The van der Waals surface area contributed by atoms with Crippen LogP contribution in [-0.4, -0.2) is 43.4 Å². The third-order valence-electron chi connectivity index (χ3n) is 4.37. The first kappa shape index (κ1) is 16.5. The molecule has 0 amide bonds. The van der Waals surface area contributed by atoms with Crippen molar-refractivity contribution in [1.82, 2.24) is 24.8 Å². The molecular weight excluding hydrogens is 306 g/mol. The number of nitrogens with one attached hydrogen (secondary N) is 1. The Kier molecular flexibility index (Phi) is 5.33. The molecule has 0 fully saturated rings. The molecule has 1 aliphatic rings. The van der Waals surface area contributed by atoms with E-state index in [1.807, 2.05) is 30.4 Å². The first-order valence-corrected chi connectivity index (χ1v) is 9.65. The van der Waals surface area contributed by atoms with E-state index in [1.165, 1.54) is 11.4 Å². The fraction of sp³-hybridized carbons (Fsp3) is 0.588. The standard InChI is InChI=1S/C17H25N5S/c1-12(2)17-18-7-4-13(21-17)10-22-8-5-14-16(20-11-19-14)15(22)6-9-23-3/h4,7,11-12,15H,5-6,8-10H2,1-3H3,(H,19,20). The van der Waals surface area contributed by atoms with Crippen molar-refractivity contribution in [1.29, 1.82) is 0 Å². The van der Waals surface area contributed by atoms with Crippen molar-refractivity contribution in [3.8, 4) is 0 Å². The summed E-state index contributed by atoms with van der Waals surface area (Å²) in [5.41, 5.74) is 3.64. The molecule has 3 rings (SSSR count). The molecule has 3 heterocycles. The summed E-state index contributed by atoms with van der Waals surface area (Å²) in [6.07, 6.45) is 8.05. The predicted octanol–water partition coefficient (Wildman–Crippen LogP) is 3.18. The highest BCUT2D eigenvalue weighted by molar-refractivity contribution is 7.98. The summed E-state index contributed by atoms with van der Waals surface area (Å²) in [6, 6.07) is 2.42. The quantitative estimate of drug-likeness (QED) is 0.881. The van der Waals surface area contributed by atoms with Crippen LogP contribution in [0.4, 0.5) is 0 Å². The molecule has 5 nitrogen and oxygen atoms in total. The van der Waals surface area contributed by atoms with E-state index in [9.17, 15) is 0 Å². The molecule has 124 valence electrons. The SMILES string of the molecule is CSCCC1c2nc[nH]c2CCN1Cc1ccnc(C(C)C)n1. The molecule has 6 heteroatoms. The molecule has 23 heavy (non-hydrogen) atoms. The minimum atomic E-state index is 0.363. The zero-order valence-corrected chi connectivity index (χ0v) is 14.9. The molecular formula is C17H25N5S. The molecule has 0 saturated carbocycles. The summed E-state index contributed by atoms with van der Waals surface area (Å²) < 4.78 is 0. The van der Waals surface area contributed by atoms with Gasteiger partial charge in [-0.15, -0.1) is 0 Å². The largest absolute Gasteiger partial charge is 0.348 e. The van der Waals surface area contributed by atoms with Crippen LogP contribution in [0.25, 0.3) is 0 Å². The first-order valence-electron chi connectivity index (χ1n) is 8.26. The highest BCUT2D eigenvalue weighted by Crippen LogP contribution is 2.32. The Labute approximate surface area is 142 Å². The average Bonchev–Trinajstić information content (AvgIpc) is 3.02. The minimum absolute atomic E-state index is 0.363. The monoisotopic (exact) mass is 331 g/mol.